The van der Waals surface area contributed by atoms with Gasteiger partial charge in [0.2, 0.25) is 5.91 Å². The molecule has 3 N–H and O–H groups in total. The minimum Gasteiger partial charge on any atom is -0.356 e. The molecule has 0 bridgehead atoms. The Labute approximate surface area is 123 Å². The van der Waals surface area contributed by atoms with Crippen LogP contribution in [-0.4, -0.2) is 19.0 Å². The minimum atomic E-state index is 0.150. The summed E-state index contributed by atoms with van der Waals surface area (Å²) in [6.07, 6.45) is 4.42. The molecule has 0 unspecified atom stereocenters. The quantitative estimate of drug-likeness (QED) is 0.553. The first-order valence-corrected chi connectivity index (χ1v) is 7.51. The van der Waals surface area contributed by atoms with E-state index in [-0.39, 0.29) is 5.91 Å². The Hall–Kier alpha value is -0.620. The lowest BCUT2D eigenvalue weighted by Crippen LogP contribution is -2.24. The smallest absolute Gasteiger partial charge is 0.220 e. The summed E-state index contributed by atoms with van der Waals surface area (Å²) < 4.78 is 1.24. The Morgan fingerprint density at radius 3 is 2.56 bits per heavy atom. The van der Waals surface area contributed by atoms with Gasteiger partial charge in [-0.25, -0.2) is 0 Å². The van der Waals surface area contributed by atoms with Crippen LogP contribution in [-0.2, 0) is 11.2 Å². The summed E-state index contributed by atoms with van der Waals surface area (Å²) in [5.41, 5.74) is 6.68. The van der Waals surface area contributed by atoms with Crippen molar-refractivity contribution in [2.24, 2.45) is 5.73 Å². The van der Waals surface area contributed by atoms with E-state index >= 15 is 0 Å². The standard InChI is InChI=1S/C14H21IN2O/c15-13-8-6-12(7-9-13)4-3-5-14(18)17-11-2-1-10-16/h6-9H,1-5,10-11,16H2,(H,17,18). The summed E-state index contributed by atoms with van der Waals surface area (Å²) in [6, 6.07) is 8.45. The van der Waals surface area contributed by atoms with Crippen LogP contribution in [0.2, 0.25) is 0 Å². The fraction of sp³-hybridized carbons (Fsp3) is 0.500. The van der Waals surface area contributed by atoms with Gasteiger partial charge in [0.25, 0.3) is 0 Å². The second-order valence-corrected chi connectivity index (χ2v) is 5.57. The van der Waals surface area contributed by atoms with Crippen molar-refractivity contribution in [3.05, 3.63) is 33.4 Å². The Bertz CT molecular complexity index is 351. The van der Waals surface area contributed by atoms with Crippen molar-refractivity contribution in [1.29, 1.82) is 0 Å². The molecule has 0 aliphatic carbocycles. The molecule has 1 aromatic rings. The topological polar surface area (TPSA) is 55.1 Å². The van der Waals surface area contributed by atoms with E-state index in [2.05, 4.69) is 52.2 Å². The molecule has 18 heavy (non-hydrogen) atoms. The van der Waals surface area contributed by atoms with Gasteiger partial charge >= 0.3 is 0 Å². The van der Waals surface area contributed by atoms with Crippen molar-refractivity contribution in [1.82, 2.24) is 5.32 Å². The van der Waals surface area contributed by atoms with Gasteiger partial charge in [0.05, 0.1) is 0 Å². The molecule has 0 aromatic heterocycles. The maximum Gasteiger partial charge on any atom is 0.220 e. The molecule has 3 nitrogen and oxygen atoms in total. The summed E-state index contributed by atoms with van der Waals surface area (Å²) >= 11 is 2.29. The van der Waals surface area contributed by atoms with E-state index < -0.39 is 0 Å². The number of unbranched alkanes of at least 4 members (excludes halogenated alkanes) is 1. The lowest BCUT2D eigenvalue weighted by Gasteiger charge is -2.05. The SMILES string of the molecule is NCCCCNC(=O)CCCc1ccc(I)cc1. The Balaban J connectivity index is 2.10. The highest BCUT2D eigenvalue weighted by Crippen LogP contribution is 2.09. The van der Waals surface area contributed by atoms with E-state index in [1.54, 1.807) is 0 Å². The molecule has 4 heteroatoms. The number of carbonyl (C=O) groups excluding carboxylic acids is 1. The Morgan fingerprint density at radius 1 is 1.17 bits per heavy atom. The lowest BCUT2D eigenvalue weighted by atomic mass is 10.1. The van der Waals surface area contributed by atoms with E-state index in [1.807, 2.05) is 0 Å². The normalized spacial score (nSPS) is 10.3. The minimum absolute atomic E-state index is 0.150. The third kappa shape index (κ3) is 6.96. The second-order valence-electron chi connectivity index (χ2n) is 4.33. The van der Waals surface area contributed by atoms with Crippen molar-refractivity contribution in [3.63, 3.8) is 0 Å². The average molecular weight is 360 g/mol. The van der Waals surface area contributed by atoms with E-state index in [4.69, 9.17) is 5.73 Å². The number of halogens is 1. The number of rotatable bonds is 8. The van der Waals surface area contributed by atoms with Gasteiger partial charge in [0, 0.05) is 16.5 Å². The van der Waals surface area contributed by atoms with Crippen LogP contribution < -0.4 is 11.1 Å². The molecular weight excluding hydrogens is 339 g/mol. The molecule has 0 radical (unpaired) electrons. The van der Waals surface area contributed by atoms with Gasteiger partial charge in [0.1, 0.15) is 0 Å². The summed E-state index contributed by atoms with van der Waals surface area (Å²) in [7, 11) is 0. The van der Waals surface area contributed by atoms with Crippen LogP contribution in [0.4, 0.5) is 0 Å². The largest absolute Gasteiger partial charge is 0.356 e. The fourth-order valence-corrected chi connectivity index (χ4v) is 2.05. The van der Waals surface area contributed by atoms with Crippen LogP contribution in [0.1, 0.15) is 31.2 Å². The van der Waals surface area contributed by atoms with Gasteiger partial charge in [-0.3, -0.25) is 4.79 Å². The van der Waals surface area contributed by atoms with Crippen molar-refractivity contribution < 1.29 is 4.79 Å². The van der Waals surface area contributed by atoms with E-state index in [1.165, 1.54) is 9.13 Å². The number of hydrogen-bond donors (Lipinski definition) is 2. The number of carbonyl (C=O) groups is 1. The van der Waals surface area contributed by atoms with Crippen LogP contribution in [0, 0.1) is 3.57 Å². The van der Waals surface area contributed by atoms with Crippen LogP contribution in [0.25, 0.3) is 0 Å². The molecule has 100 valence electrons. The first-order valence-electron chi connectivity index (χ1n) is 6.43. The predicted molar refractivity (Wildman–Crippen MR) is 83.4 cm³/mol. The molecule has 1 amide bonds. The van der Waals surface area contributed by atoms with Crippen molar-refractivity contribution in [2.75, 3.05) is 13.1 Å². The predicted octanol–water partition coefficient (Wildman–Crippen LogP) is 2.47. The lowest BCUT2D eigenvalue weighted by molar-refractivity contribution is -0.121. The molecule has 0 saturated carbocycles. The highest BCUT2D eigenvalue weighted by molar-refractivity contribution is 14.1. The molecule has 0 saturated heterocycles. The van der Waals surface area contributed by atoms with Crippen molar-refractivity contribution in [3.8, 4) is 0 Å². The average Bonchev–Trinajstić information content (AvgIpc) is 2.37. The monoisotopic (exact) mass is 360 g/mol. The van der Waals surface area contributed by atoms with Crippen molar-refractivity contribution in [2.45, 2.75) is 32.1 Å². The molecule has 1 rings (SSSR count). The highest BCUT2D eigenvalue weighted by atomic mass is 127. The van der Waals surface area contributed by atoms with Crippen LogP contribution >= 0.6 is 22.6 Å². The van der Waals surface area contributed by atoms with Gasteiger partial charge < -0.3 is 11.1 Å². The molecule has 0 fully saturated rings. The summed E-state index contributed by atoms with van der Waals surface area (Å²) in [5.74, 6) is 0.150. The molecule has 0 heterocycles. The number of hydrogen-bond acceptors (Lipinski definition) is 2. The van der Waals surface area contributed by atoms with Gasteiger partial charge in [0.15, 0.2) is 0 Å². The molecule has 0 spiro atoms. The third-order valence-corrected chi connectivity index (χ3v) is 3.45. The number of benzene rings is 1. The van der Waals surface area contributed by atoms with E-state index in [9.17, 15) is 4.79 Å². The first-order chi connectivity index (χ1) is 8.72. The number of nitrogens with two attached hydrogens (primary N) is 1. The fourth-order valence-electron chi connectivity index (χ4n) is 1.69. The molecular formula is C14H21IN2O. The summed E-state index contributed by atoms with van der Waals surface area (Å²) in [4.78, 5) is 11.5. The van der Waals surface area contributed by atoms with Crippen LogP contribution in [0.15, 0.2) is 24.3 Å². The maximum atomic E-state index is 11.5. The zero-order valence-corrected chi connectivity index (χ0v) is 12.8. The van der Waals surface area contributed by atoms with Crippen LogP contribution in [0.3, 0.4) is 0 Å². The van der Waals surface area contributed by atoms with Crippen molar-refractivity contribution >= 4 is 28.5 Å². The number of aryl methyl sites for hydroxylation is 1. The zero-order chi connectivity index (χ0) is 13.2. The van der Waals surface area contributed by atoms with Gasteiger partial charge in [-0.1, -0.05) is 12.1 Å². The van der Waals surface area contributed by atoms with E-state index in [0.29, 0.717) is 13.0 Å². The second kappa shape index (κ2) is 9.33. The van der Waals surface area contributed by atoms with Gasteiger partial charge in [-0.05, 0) is 72.5 Å². The molecule has 1 aromatic carbocycles. The Morgan fingerprint density at radius 2 is 1.89 bits per heavy atom. The van der Waals surface area contributed by atoms with Crippen LogP contribution in [0.5, 0.6) is 0 Å². The maximum absolute atomic E-state index is 11.5. The van der Waals surface area contributed by atoms with Gasteiger partial charge in [-0.15, -0.1) is 0 Å². The number of nitrogens with one attached hydrogen (secondary N) is 1. The molecule has 0 aliphatic heterocycles. The first kappa shape index (κ1) is 15.4. The summed E-state index contributed by atoms with van der Waals surface area (Å²) in [6.45, 7) is 1.45. The number of amides is 1. The third-order valence-electron chi connectivity index (χ3n) is 2.74. The Kier molecular flexibility index (Phi) is 8.00. The molecule has 0 atom stereocenters. The van der Waals surface area contributed by atoms with E-state index in [0.717, 1.165) is 32.2 Å². The summed E-state index contributed by atoms with van der Waals surface area (Å²) in [5, 5.41) is 2.92. The highest BCUT2D eigenvalue weighted by Gasteiger charge is 2.01. The molecule has 0 aliphatic rings. The van der Waals surface area contributed by atoms with Gasteiger partial charge in [-0.2, -0.15) is 0 Å². The zero-order valence-electron chi connectivity index (χ0n) is 10.6.